The minimum absolute atomic E-state index is 0.643. The Morgan fingerprint density at radius 3 is 2.78 bits per heavy atom. The Kier molecular flexibility index (Phi) is 5.26. The van der Waals surface area contributed by atoms with E-state index in [0.717, 1.165) is 6.54 Å². The molecule has 9 heavy (non-hydrogen) atoms. The van der Waals surface area contributed by atoms with Gasteiger partial charge in [-0.1, -0.05) is 6.08 Å². The second-order valence-electron chi connectivity index (χ2n) is 1.88. The largest absolute Gasteiger partial charge is 0.405 e. The van der Waals surface area contributed by atoms with Gasteiger partial charge in [0, 0.05) is 13.7 Å². The van der Waals surface area contributed by atoms with Gasteiger partial charge >= 0.3 is 0 Å². The van der Waals surface area contributed by atoms with Crippen LogP contribution in [-0.4, -0.2) is 32.3 Å². The van der Waals surface area contributed by atoms with Crippen LogP contribution >= 0.6 is 0 Å². The van der Waals surface area contributed by atoms with E-state index in [4.69, 9.17) is 10.5 Å². The lowest BCUT2D eigenvalue weighted by Crippen LogP contribution is -2.20. The minimum Gasteiger partial charge on any atom is -0.405 e. The molecule has 0 aromatic carbocycles. The molecule has 54 valence electrons. The van der Waals surface area contributed by atoms with Crippen LogP contribution in [0.15, 0.2) is 12.3 Å². The van der Waals surface area contributed by atoms with Gasteiger partial charge in [-0.15, -0.1) is 0 Å². The minimum atomic E-state index is 0.643. The zero-order valence-electron chi connectivity index (χ0n) is 6.00. The van der Waals surface area contributed by atoms with Crippen LogP contribution in [0.4, 0.5) is 0 Å². The predicted molar refractivity (Wildman–Crippen MR) is 37.8 cm³/mol. The smallest absolute Gasteiger partial charge is 0.0986 e. The molecular formula is C6H14N2O. The van der Waals surface area contributed by atoms with Crippen LogP contribution in [-0.2, 0) is 4.74 Å². The Hall–Kier alpha value is -0.540. The Labute approximate surface area is 56.1 Å². The highest BCUT2D eigenvalue weighted by molar-refractivity contribution is 4.77. The zero-order chi connectivity index (χ0) is 7.11. The lowest BCUT2D eigenvalue weighted by molar-refractivity contribution is 0.0898. The molecule has 0 saturated carbocycles. The van der Waals surface area contributed by atoms with Gasteiger partial charge in [0.1, 0.15) is 0 Å². The van der Waals surface area contributed by atoms with E-state index >= 15 is 0 Å². The van der Waals surface area contributed by atoms with Gasteiger partial charge in [-0.2, -0.15) is 0 Å². The highest BCUT2D eigenvalue weighted by Crippen LogP contribution is 1.80. The van der Waals surface area contributed by atoms with Crippen molar-refractivity contribution in [2.75, 3.05) is 27.4 Å². The maximum absolute atomic E-state index is 5.12. The first kappa shape index (κ1) is 8.46. The third kappa shape index (κ3) is 5.33. The normalized spacial score (nSPS) is 11.4. The summed E-state index contributed by atoms with van der Waals surface area (Å²) in [5.74, 6) is 0. The molecule has 0 amide bonds. The van der Waals surface area contributed by atoms with E-state index in [-0.39, 0.29) is 0 Å². The molecule has 3 nitrogen and oxygen atoms in total. The summed E-state index contributed by atoms with van der Waals surface area (Å²) in [6.07, 6.45) is 3.41. The first-order chi connectivity index (χ1) is 4.31. The molecule has 0 aliphatic heterocycles. The second-order valence-corrected chi connectivity index (χ2v) is 1.88. The molecule has 0 atom stereocenters. The van der Waals surface area contributed by atoms with Crippen LogP contribution in [0.5, 0.6) is 0 Å². The first-order valence-electron chi connectivity index (χ1n) is 2.85. The number of rotatable bonds is 4. The monoisotopic (exact) mass is 130 g/mol. The molecule has 0 unspecified atom stereocenters. The summed E-state index contributed by atoms with van der Waals surface area (Å²) < 4.78 is 4.85. The fourth-order valence-corrected chi connectivity index (χ4v) is 0.514. The van der Waals surface area contributed by atoms with Crippen molar-refractivity contribution in [3.05, 3.63) is 12.3 Å². The third-order valence-electron chi connectivity index (χ3n) is 0.903. The Morgan fingerprint density at radius 1 is 1.67 bits per heavy atom. The molecule has 0 rings (SSSR count). The molecule has 0 saturated heterocycles. The quantitative estimate of drug-likeness (QED) is 0.544. The number of likely N-dealkylation sites (N-methyl/N-ethyl adjacent to an activating group) is 1. The summed E-state index contributed by atoms with van der Waals surface area (Å²) in [7, 11) is 3.63. The van der Waals surface area contributed by atoms with Crippen molar-refractivity contribution in [1.82, 2.24) is 4.90 Å². The molecule has 0 heterocycles. The van der Waals surface area contributed by atoms with E-state index in [2.05, 4.69) is 0 Å². The van der Waals surface area contributed by atoms with Gasteiger partial charge in [0.05, 0.1) is 6.73 Å². The van der Waals surface area contributed by atoms with Crippen molar-refractivity contribution >= 4 is 0 Å². The fraction of sp³-hybridized carbons (Fsp3) is 0.667. The number of methoxy groups -OCH3 is 1. The molecule has 0 aliphatic rings. The number of hydrogen-bond acceptors (Lipinski definition) is 3. The molecule has 0 spiro atoms. The lowest BCUT2D eigenvalue weighted by atomic mass is 10.5. The molecule has 0 aromatic rings. The molecular weight excluding hydrogens is 116 g/mol. The third-order valence-corrected chi connectivity index (χ3v) is 0.903. The van der Waals surface area contributed by atoms with E-state index in [1.54, 1.807) is 7.11 Å². The van der Waals surface area contributed by atoms with Crippen LogP contribution in [0.25, 0.3) is 0 Å². The summed E-state index contributed by atoms with van der Waals surface area (Å²) in [4.78, 5) is 2.00. The summed E-state index contributed by atoms with van der Waals surface area (Å²) in [6.45, 7) is 1.48. The summed E-state index contributed by atoms with van der Waals surface area (Å²) in [5, 5.41) is 0. The number of nitrogens with two attached hydrogens (primary N) is 1. The van der Waals surface area contributed by atoms with Crippen molar-refractivity contribution in [3.8, 4) is 0 Å². The highest BCUT2D eigenvalue weighted by Gasteiger charge is 1.89. The Morgan fingerprint density at radius 2 is 2.33 bits per heavy atom. The van der Waals surface area contributed by atoms with Crippen LogP contribution in [0, 0.1) is 0 Å². The molecule has 0 radical (unpaired) electrons. The van der Waals surface area contributed by atoms with E-state index in [0.29, 0.717) is 6.73 Å². The van der Waals surface area contributed by atoms with Gasteiger partial charge < -0.3 is 10.5 Å². The average Bonchev–Trinajstić information content (AvgIpc) is 1.85. The topological polar surface area (TPSA) is 38.5 Å². The van der Waals surface area contributed by atoms with Crippen LogP contribution < -0.4 is 5.73 Å². The number of hydrogen-bond donors (Lipinski definition) is 1. The van der Waals surface area contributed by atoms with Crippen molar-refractivity contribution < 1.29 is 4.74 Å². The van der Waals surface area contributed by atoms with E-state index in [1.807, 2.05) is 18.0 Å². The Bertz CT molecular complexity index is 83.1. The predicted octanol–water partition coefficient (Wildman–Crippen LogP) is -0.00550. The highest BCUT2D eigenvalue weighted by atomic mass is 16.5. The summed E-state index contributed by atoms with van der Waals surface area (Å²) in [6, 6.07) is 0. The Balaban J connectivity index is 3.15. The van der Waals surface area contributed by atoms with Crippen LogP contribution in [0.1, 0.15) is 0 Å². The SMILES string of the molecule is COCN(C)C/C=C/N. The lowest BCUT2D eigenvalue weighted by Gasteiger charge is -2.11. The molecule has 0 fully saturated rings. The second kappa shape index (κ2) is 5.59. The van der Waals surface area contributed by atoms with Gasteiger partial charge in [-0.3, -0.25) is 4.90 Å². The van der Waals surface area contributed by atoms with Crippen LogP contribution in [0.2, 0.25) is 0 Å². The van der Waals surface area contributed by atoms with E-state index in [1.165, 1.54) is 6.20 Å². The number of ether oxygens (including phenoxy) is 1. The van der Waals surface area contributed by atoms with Gasteiger partial charge in [0.15, 0.2) is 0 Å². The molecule has 2 N–H and O–H groups in total. The van der Waals surface area contributed by atoms with E-state index < -0.39 is 0 Å². The number of nitrogens with zero attached hydrogens (tertiary/aromatic N) is 1. The van der Waals surface area contributed by atoms with Crippen molar-refractivity contribution in [2.24, 2.45) is 5.73 Å². The molecule has 0 aromatic heterocycles. The maximum atomic E-state index is 5.12. The standard InChI is InChI=1S/C6H14N2O/c1-8(6-9-2)5-3-4-7/h3-4H,5-7H2,1-2H3/b4-3+. The van der Waals surface area contributed by atoms with Crippen LogP contribution in [0.3, 0.4) is 0 Å². The maximum Gasteiger partial charge on any atom is 0.0986 e. The zero-order valence-corrected chi connectivity index (χ0v) is 6.00. The molecule has 0 bridgehead atoms. The van der Waals surface area contributed by atoms with Crippen molar-refractivity contribution in [1.29, 1.82) is 0 Å². The average molecular weight is 130 g/mol. The van der Waals surface area contributed by atoms with Gasteiger partial charge in [-0.25, -0.2) is 0 Å². The molecule has 3 heteroatoms. The molecule has 0 aliphatic carbocycles. The van der Waals surface area contributed by atoms with Gasteiger partial charge in [0.2, 0.25) is 0 Å². The van der Waals surface area contributed by atoms with Crippen molar-refractivity contribution in [3.63, 3.8) is 0 Å². The van der Waals surface area contributed by atoms with Crippen molar-refractivity contribution in [2.45, 2.75) is 0 Å². The van der Waals surface area contributed by atoms with E-state index in [9.17, 15) is 0 Å². The van der Waals surface area contributed by atoms with Gasteiger partial charge in [0.25, 0.3) is 0 Å². The summed E-state index contributed by atoms with van der Waals surface area (Å²) >= 11 is 0. The first-order valence-corrected chi connectivity index (χ1v) is 2.85. The van der Waals surface area contributed by atoms with Gasteiger partial charge in [-0.05, 0) is 13.2 Å². The fourth-order valence-electron chi connectivity index (χ4n) is 0.514. The summed E-state index contributed by atoms with van der Waals surface area (Å²) in [5.41, 5.74) is 5.12.